The lowest BCUT2D eigenvalue weighted by Gasteiger charge is -2.27. The van der Waals surface area contributed by atoms with Crippen LogP contribution in [0.3, 0.4) is 0 Å². The van der Waals surface area contributed by atoms with E-state index in [-0.39, 0.29) is 23.9 Å². The number of methoxy groups -OCH3 is 1. The van der Waals surface area contributed by atoms with Crippen LogP contribution in [-0.2, 0) is 38.9 Å². The fraction of sp³-hybridized carbons (Fsp3) is 0.381. The first-order valence-corrected chi connectivity index (χ1v) is 11.5. The molecule has 6 nitrogen and oxygen atoms in total. The van der Waals surface area contributed by atoms with Crippen molar-refractivity contribution in [3.05, 3.63) is 64.2 Å². The fourth-order valence-electron chi connectivity index (χ4n) is 3.14. The molecular formula is C21H24ClNO5S. The molecule has 156 valence electrons. The number of carbonyl (C=O) groups excluding carboxylic acids is 1. The van der Waals surface area contributed by atoms with E-state index in [2.05, 4.69) is 4.90 Å². The summed E-state index contributed by atoms with van der Waals surface area (Å²) in [6, 6.07) is 13.1. The second-order valence-electron chi connectivity index (χ2n) is 7.04. The average Bonchev–Trinajstić information content (AvgIpc) is 2.70. The van der Waals surface area contributed by atoms with Gasteiger partial charge in [0, 0.05) is 30.2 Å². The summed E-state index contributed by atoms with van der Waals surface area (Å²) in [5, 5.41) is 0.668. The van der Waals surface area contributed by atoms with E-state index in [4.69, 9.17) is 21.1 Å². The van der Waals surface area contributed by atoms with Gasteiger partial charge in [0.05, 0.1) is 25.0 Å². The van der Waals surface area contributed by atoms with Gasteiger partial charge in [0.2, 0.25) is 0 Å². The molecular weight excluding hydrogens is 414 g/mol. The van der Waals surface area contributed by atoms with Crippen LogP contribution in [0.25, 0.3) is 0 Å². The highest BCUT2D eigenvalue weighted by Crippen LogP contribution is 2.25. The molecule has 1 aliphatic rings. The van der Waals surface area contributed by atoms with Crippen molar-refractivity contribution in [2.45, 2.75) is 19.6 Å². The van der Waals surface area contributed by atoms with Crippen LogP contribution >= 0.6 is 11.6 Å². The van der Waals surface area contributed by atoms with Crippen molar-refractivity contribution in [2.75, 3.05) is 31.7 Å². The summed E-state index contributed by atoms with van der Waals surface area (Å²) in [5.74, 6) is 0.725. The van der Waals surface area contributed by atoms with E-state index in [1.807, 2.05) is 42.5 Å². The molecule has 0 unspecified atom stereocenters. The number of benzene rings is 2. The number of esters is 1. The molecule has 1 fully saturated rings. The maximum atomic E-state index is 11.7. The molecule has 0 radical (unpaired) electrons. The first kappa shape index (κ1) is 21.6. The van der Waals surface area contributed by atoms with Crippen LogP contribution in [0.15, 0.2) is 42.5 Å². The van der Waals surface area contributed by atoms with Gasteiger partial charge in [-0.05, 0) is 29.3 Å². The topological polar surface area (TPSA) is 72.9 Å². The van der Waals surface area contributed by atoms with Gasteiger partial charge in [-0.2, -0.15) is 0 Å². The summed E-state index contributed by atoms with van der Waals surface area (Å²) < 4.78 is 34.2. The van der Waals surface area contributed by atoms with Gasteiger partial charge in [-0.1, -0.05) is 35.9 Å². The molecule has 0 amide bonds. The van der Waals surface area contributed by atoms with Gasteiger partial charge in [0.25, 0.3) is 0 Å². The third-order valence-corrected chi connectivity index (χ3v) is 6.70. The van der Waals surface area contributed by atoms with Crippen LogP contribution in [0.1, 0.15) is 16.7 Å². The lowest BCUT2D eigenvalue weighted by molar-refractivity contribution is -0.139. The number of ether oxygens (including phenoxy) is 2. The lowest BCUT2D eigenvalue weighted by Crippen LogP contribution is -2.39. The van der Waals surface area contributed by atoms with E-state index in [9.17, 15) is 13.2 Å². The number of hydrogen-bond acceptors (Lipinski definition) is 6. The van der Waals surface area contributed by atoms with Gasteiger partial charge in [-0.15, -0.1) is 0 Å². The summed E-state index contributed by atoms with van der Waals surface area (Å²) in [5.41, 5.74) is 2.73. The molecule has 3 rings (SSSR count). The Kier molecular flexibility index (Phi) is 7.16. The normalized spacial score (nSPS) is 16.3. The van der Waals surface area contributed by atoms with E-state index in [0.717, 1.165) is 16.7 Å². The average molecular weight is 438 g/mol. The Morgan fingerprint density at radius 1 is 1.07 bits per heavy atom. The lowest BCUT2D eigenvalue weighted by atomic mass is 10.1. The van der Waals surface area contributed by atoms with Crippen molar-refractivity contribution in [1.29, 1.82) is 0 Å². The third kappa shape index (κ3) is 6.45. The SMILES string of the molecule is COC(=O)Cc1ccc(OCc2ccc(Cl)cc2)c(CN2CCS(=O)(=O)CC2)c1. The molecule has 8 heteroatoms. The number of sulfone groups is 1. The van der Waals surface area contributed by atoms with Crippen LogP contribution in [0.2, 0.25) is 5.02 Å². The summed E-state index contributed by atoms with van der Waals surface area (Å²) in [6.07, 6.45) is 0.176. The summed E-state index contributed by atoms with van der Waals surface area (Å²) in [4.78, 5) is 13.7. The Hall–Kier alpha value is -2.09. The van der Waals surface area contributed by atoms with E-state index in [0.29, 0.717) is 37.0 Å². The zero-order chi connectivity index (χ0) is 20.9. The predicted molar refractivity (Wildman–Crippen MR) is 112 cm³/mol. The van der Waals surface area contributed by atoms with E-state index in [1.54, 1.807) is 0 Å². The van der Waals surface area contributed by atoms with Gasteiger partial charge < -0.3 is 9.47 Å². The number of nitrogens with zero attached hydrogens (tertiary/aromatic N) is 1. The molecule has 2 aromatic carbocycles. The second-order valence-corrected chi connectivity index (χ2v) is 9.78. The minimum atomic E-state index is -2.94. The maximum absolute atomic E-state index is 11.7. The molecule has 0 aliphatic carbocycles. The molecule has 0 spiro atoms. The van der Waals surface area contributed by atoms with Crippen LogP contribution < -0.4 is 4.74 Å². The molecule has 1 saturated heterocycles. The van der Waals surface area contributed by atoms with Crippen molar-refractivity contribution >= 4 is 27.4 Å². The van der Waals surface area contributed by atoms with E-state index < -0.39 is 9.84 Å². The smallest absolute Gasteiger partial charge is 0.309 e. The fourth-order valence-corrected chi connectivity index (χ4v) is 4.54. The number of hydrogen-bond donors (Lipinski definition) is 0. The highest BCUT2D eigenvalue weighted by molar-refractivity contribution is 7.91. The minimum absolute atomic E-state index is 0.163. The largest absolute Gasteiger partial charge is 0.489 e. The third-order valence-electron chi connectivity index (χ3n) is 4.84. The predicted octanol–water partition coefficient (Wildman–Crippen LogP) is 2.86. The Labute approximate surface area is 176 Å². The second kappa shape index (κ2) is 9.61. The van der Waals surface area contributed by atoms with Crippen molar-refractivity contribution in [1.82, 2.24) is 4.90 Å². The van der Waals surface area contributed by atoms with Crippen LogP contribution in [0, 0.1) is 0 Å². The van der Waals surface area contributed by atoms with Crippen LogP contribution in [0.4, 0.5) is 0 Å². The molecule has 0 N–H and O–H groups in total. The molecule has 0 atom stereocenters. The molecule has 0 aromatic heterocycles. The standard InChI is InChI=1S/C21H24ClNO5S/c1-27-21(24)13-17-4-7-20(28-15-16-2-5-19(22)6-3-16)18(12-17)14-23-8-10-29(25,26)11-9-23/h2-7,12H,8-11,13-15H2,1H3. The zero-order valence-electron chi connectivity index (χ0n) is 16.3. The molecule has 1 heterocycles. The highest BCUT2D eigenvalue weighted by Gasteiger charge is 2.22. The number of rotatable bonds is 7. The van der Waals surface area contributed by atoms with Crippen molar-refractivity contribution in [3.63, 3.8) is 0 Å². The quantitative estimate of drug-likeness (QED) is 0.620. The molecule has 1 aliphatic heterocycles. The van der Waals surface area contributed by atoms with Gasteiger partial charge in [-0.25, -0.2) is 8.42 Å². The Morgan fingerprint density at radius 2 is 1.72 bits per heavy atom. The Balaban J connectivity index is 1.76. The van der Waals surface area contributed by atoms with Crippen LogP contribution in [0.5, 0.6) is 5.75 Å². The molecule has 29 heavy (non-hydrogen) atoms. The van der Waals surface area contributed by atoms with Crippen molar-refractivity contribution in [3.8, 4) is 5.75 Å². The monoisotopic (exact) mass is 437 g/mol. The molecule has 0 saturated carbocycles. The van der Waals surface area contributed by atoms with Gasteiger partial charge in [-0.3, -0.25) is 9.69 Å². The van der Waals surface area contributed by atoms with Crippen molar-refractivity contribution < 1.29 is 22.7 Å². The molecule has 2 aromatic rings. The van der Waals surface area contributed by atoms with E-state index in [1.165, 1.54) is 7.11 Å². The highest BCUT2D eigenvalue weighted by atomic mass is 35.5. The summed E-state index contributed by atoms with van der Waals surface area (Å²) >= 11 is 5.93. The Morgan fingerprint density at radius 3 is 2.38 bits per heavy atom. The van der Waals surface area contributed by atoms with Gasteiger partial charge in [0.15, 0.2) is 9.84 Å². The molecule has 0 bridgehead atoms. The minimum Gasteiger partial charge on any atom is -0.489 e. The number of halogens is 1. The first-order chi connectivity index (χ1) is 13.8. The Bertz CT molecular complexity index is 946. The summed E-state index contributed by atoms with van der Waals surface area (Å²) in [6.45, 7) is 1.91. The van der Waals surface area contributed by atoms with E-state index >= 15 is 0 Å². The van der Waals surface area contributed by atoms with Crippen molar-refractivity contribution in [2.24, 2.45) is 0 Å². The maximum Gasteiger partial charge on any atom is 0.309 e. The summed E-state index contributed by atoms with van der Waals surface area (Å²) in [7, 11) is -1.58. The number of carbonyl (C=O) groups is 1. The first-order valence-electron chi connectivity index (χ1n) is 9.33. The van der Waals surface area contributed by atoms with Gasteiger partial charge in [0.1, 0.15) is 12.4 Å². The van der Waals surface area contributed by atoms with Gasteiger partial charge >= 0.3 is 5.97 Å². The zero-order valence-corrected chi connectivity index (χ0v) is 17.8. The van der Waals surface area contributed by atoms with Crippen LogP contribution in [-0.4, -0.2) is 51.0 Å².